The highest BCUT2D eigenvalue weighted by molar-refractivity contribution is 6.05. The van der Waals surface area contributed by atoms with E-state index in [2.05, 4.69) is 5.32 Å². The molecule has 0 saturated carbocycles. The van der Waals surface area contributed by atoms with Gasteiger partial charge in [0.15, 0.2) is 0 Å². The lowest BCUT2D eigenvalue weighted by Crippen LogP contribution is -2.14. The van der Waals surface area contributed by atoms with E-state index in [1.807, 2.05) is 63.2 Å². The fraction of sp³-hybridized carbons (Fsp3) is 0.235. The second-order valence-corrected chi connectivity index (χ2v) is 5.42. The summed E-state index contributed by atoms with van der Waals surface area (Å²) in [6.07, 6.45) is 0. The van der Waals surface area contributed by atoms with Gasteiger partial charge in [-0.2, -0.15) is 0 Å². The van der Waals surface area contributed by atoms with E-state index in [9.17, 15) is 4.79 Å². The van der Waals surface area contributed by atoms with Crippen molar-refractivity contribution in [3.63, 3.8) is 0 Å². The molecule has 0 heterocycles. The number of hydrogen-bond acceptors (Lipinski definition) is 3. The molecule has 4 heteroatoms. The predicted molar refractivity (Wildman–Crippen MR) is 89.1 cm³/mol. The number of aryl methyl sites for hydroxylation is 2. The minimum Gasteiger partial charge on any atom is -0.398 e. The maximum atomic E-state index is 12.3. The number of nitrogens with one attached hydrogen (secondary N) is 1. The number of nitrogens with two attached hydrogens (primary N) is 1. The highest BCUT2D eigenvalue weighted by Gasteiger charge is 2.09. The Hall–Kier alpha value is -2.49. The summed E-state index contributed by atoms with van der Waals surface area (Å²) in [6, 6.07) is 11.3. The van der Waals surface area contributed by atoms with Crippen LogP contribution in [-0.2, 0) is 0 Å². The van der Waals surface area contributed by atoms with Gasteiger partial charge >= 0.3 is 0 Å². The lowest BCUT2D eigenvalue weighted by atomic mass is 10.1. The van der Waals surface area contributed by atoms with Gasteiger partial charge in [0, 0.05) is 36.7 Å². The molecule has 0 spiro atoms. The molecule has 2 aromatic rings. The Morgan fingerprint density at radius 3 is 2.24 bits per heavy atom. The quantitative estimate of drug-likeness (QED) is 0.850. The van der Waals surface area contributed by atoms with Crippen LogP contribution >= 0.6 is 0 Å². The van der Waals surface area contributed by atoms with Crippen molar-refractivity contribution in [3.05, 3.63) is 53.1 Å². The number of nitrogen functional groups attached to an aromatic ring is 1. The Balaban J connectivity index is 2.20. The first-order chi connectivity index (χ1) is 9.88. The molecule has 0 atom stereocenters. The topological polar surface area (TPSA) is 58.4 Å². The zero-order valence-corrected chi connectivity index (χ0v) is 12.9. The van der Waals surface area contributed by atoms with Crippen molar-refractivity contribution >= 4 is 23.0 Å². The molecule has 0 bridgehead atoms. The van der Waals surface area contributed by atoms with Crippen LogP contribution in [0, 0.1) is 13.8 Å². The van der Waals surface area contributed by atoms with E-state index in [-0.39, 0.29) is 5.91 Å². The molecule has 0 aliphatic rings. The largest absolute Gasteiger partial charge is 0.398 e. The number of rotatable bonds is 3. The van der Waals surface area contributed by atoms with Crippen LogP contribution in [0.15, 0.2) is 36.4 Å². The molecule has 0 saturated heterocycles. The Bertz CT molecular complexity index is 660. The number of benzene rings is 2. The first-order valence-electron chi connectivity index (χ1n) is 6.84. The fourth-order valence-electron chi connectivity index (χ4n) is 2.11. The van der Waals surface area contributed by atoms with Gasteiger partial charge < -0.3 is 16.0 Å². The van der Waals surface area contributed by atoms with Crippen molar-refractivity contribution in [1.82, 2.24) is 0 Å². The van der Waals surface area contributed by atoms with Gasteiger partial charge in [0.1, 0.15) is 0 Å². The molecule has 0 aromatic heterocycles. The van der Waals surface area contributed by atoms with Gasteiger partial charge in [0.05, 0.1) is 0 Å². The van der Waals surface area contributed by atoms with Gasteiger partial charge in [-0.1, -0.05) is 6.07 Å². The minimum absolute atomic E-state index is 0.133. The molecule has 1 amide bonds. The Morgan fingerprint density at radius 2 is 1.67 bits per heavy atom. The molecule has 0 aliphatic heterocycles. The van der Waals surface area contributed by atoms with Gasteiger partial charge in [-0.25, -0.2) is 0 Å². The van der Waals surface area contributed by atoms with Crippen LogP contribution in [0.25, 0.3) is 0 Å². The smallest absolute Gasteiger partial charge is 0.255 e. The van der Waals surface area contributed by atoms with E-state index < -0.39 is 0 Å². The van der Waals surface area contributed by atoms with Gasteiger partial charge in [-0.3, -0.25) is 4.79 Å². The first-order valence-corrected chi connectivity index (χ1v) is 6.84. The lowest BCUT2D eigenvalue weighted by molar-refractivity contribution is 0.102. The molecule has 3 N–H and O–H groups in total. The summed E-state index contributed by atoms with van der Waals surface area (Å²) in [5, 5.41) is 2.91. The first kappa shape index (κ1) is 14.9. The Labute approximate surface area is 125 Å². The summed E-state index contributed by atoms with van der Waals surface area (Å²) in [6.45, 7) is 3.91. The van der Waals surface area contributed by atoms with E-state index in [1.54, 1.807) is 6.07 Å². The van der Waals surface area contributed by atoms with E-state index >= 15 is 0 Å². The third-order valence-corrected chi connectivity index (χ3v) is 3.51. The zero-order chi connectivity index (χ0) is 15.6. The highest BCUT2D eigenvalue weighted by atomic mass is 16.1. The van der Waals surface area contributed by atoms with E-state index in [0.29, 0.717) is 11.3 Å². The molecule has 0 unspecified atom stereocenters. The van der Waals surface area contributed by atoms with Gasteiger partial charge in [-0.05, 0) is 55.3 Å². The minimum atomic E-state index is -0.133. The van der Waals surface area contributed by atoms with Crippen LogP contribution in [-0.4, -0.2) is 20.0 Å². The molecule has 0 radical (unpaired) electrons. The van der Waals surface area contributed by atoms with Crippen molar-refractivity contribution in [2.45, 2.75) is 13.8 Å². The molecule has 21 heavy (non-hydrogen) atoms. The average molecular weight is 283 g/mol. The van der Waals surface area contributed by atoms with Gasteiger partial charge in [0.2, 0.25) is 0 Å². The summed E-state index contributed by atoms with van der Waals surface area (Å²) >= 11 is 0. The number of nitrogens with zero attached hydrogens (tertiary/aromatic N) is 1. The number of hydrogen-bond donors (Lipinski definition) is 2. The Kier molecular flexibility index (Phi) is 4.17. The normalized spacial score (nSPS) is 10.3. The van der Waals surface area contributed by atoms with E-state index in [0.717, 1.165) is 22.5 Å². The molecular weight excluding hydrogens is 262 g/mol. The SMILES string of the molecule is Cc1cc(C)c(NC(=O)c2ccc(N(C)C)cc2)cc1N. The second-order valence-electron chi connectivity index (χ2n) is 5.42. The highest BCUT2D eigenvalue weighted by Crippen LogP contribution is 2.23. The maximum absolute atomic E-state index is 12.3. The summed E-state index contributed by atoms with van der Waals surface area (Å²) in [5.74, 6) is -0.133. The lowest BCUT2D eigenvalue weighted by Gasteiger charge is -2.14. The number of carbonyl (C=O) groups excluding carboxylic acids is 1. The predicted octanol–water partition coefficient (Wildman–Crippen LogP) is 3.20. The number of carbonyl (C=O) groups is 1. The molecule has 110 valence electrons. The van der Waals surface area contributed by atoms with Gasteiger partial charge in [0.25, 0.3) is 5.91 Å². The molecule has 4 nitrogen and oxygen atoms in total. The van der Waals surface area contributed by atoms with Crippen molar-refractivity contribution in [1.29, 1.82) is 0 Å². The van der Waals surface area contributed by atoms with Gasteiger partial charge in [-0.15, -0.1) is 0 Å². The molecular formula is C17H21N3O. The van der Waals surface area contributed by atoms with Crippen molar-refractivity contribution in [2.75, 3.05) is 30.0 Å². The summed E-state index contributed by atoms with van der Waals surface area (Å²) in [7, 11) is 3.93. The molecule has 2 rings (SSSR count). The van der Waals surface area contributed by atoms with E-state index in [4.69, 9.17) is 5.73 Å². The zero-order valence-electron chi connectivity index (χ0n) is 12.9. The summed E-state index contributed by atoms with van der Waals surface area (Å²) in [5.41, 5.74) is 11.0. The van der Waals surface area contributed by atoms with Crippen LogP contribution in [0.3, 0.4) is 0 Å². The molecule has 0 fully saturated rings. The third-order valence-electron chi connectivity index (χ3n) is 3.51. The standard InChI is InChI=1S/C17H21N3O/c1-11-9-12(2)16(10-15(11)18)19-17(21)13-5-7-14(8-6-13)20(3)4/h5-10H,18H2,1-4H3,(H,19,21). The maximum Gasteiger partial charge on any atom is 0.255 e. The molecule has 2 aromatic carbocycles. The monoisotopic (exact) mass is 283 g/mol. The third kappa shape index (κ3) is 3.34. The summed E-state index contributed by atoms with van der Waals surface area (Å²) in [4.78, 5) is 14.3. The average Bonchev–Trinajstić information content (AvgIpc) is 2.44. The van der Waals surface area contributed by atoms with Crippen LogP contribution in [0.4, 0.5) is 17.1 Å². The van der Waals surface area contributed by atoms with Crippen molar-refractivity contribution in [2.24, 2.45) is 0 Å². The molecule has 0 aliphatic carbocycles. The fourth-order valence-corrected chi connectivity index (χ4v) is 2.11. The van der Waals surface area contributed by atoms with Crippen LogP contribution < -0.4 is 16.0 Å². The van der Waals surface area contributed by atoms with E-state index in [1.165, 1.54) is 0 Å². The second kappa shape index (κ2) is 5.87. The Morgan fingerprint density at radius 1 is 1.05 bits per heavy atom. The van der Waals surface area contributed by atoms with Crippen LogP contribution in [0.1, 0.15) is 21.5 Å². The van der Waals surface area contributed by atoms with Crippen LogP contribution in [0.5, 0.6) is 0 Å². The van der Waals surface area contributed by atoms with Crippen LogP contribution in [0.2, 0.25) is 0 Å². The number of amides is 1. The number of anilines is 3. The summed E-state index contributed by atoms with van der Waals surface area (Å²) < 4.78 is 0. The van der Waals surface area contributed by atoms with Crippen molar-refractivity contribution in [3.8, 4) is 0 Å². The van der Waals surface area contributed by atoms with Crippen molar-refractivity contribution < 1.29 is 4.79 Å².